The number of hydrogen-bond acceptors (Lipinski definition) is 1. The van der Waals surface area contributed by atoms with Gasteiger partial charge in [-0.05, 0) is 77.5 Å². The highest BCUT2D eigenvalue weighted by molar-refractivity contribution is 5.44. The fourth-order valence-corrected chi connectivity index (χ4v) is 5.17. The Labute approximate surface area is 188 Å². The molecular weight excluding hydrogens is 364 g/mol. The summed E-state index contributed by atoms with van der Waals surface area (Å²) in [6, 6.07) is 4.89. The Hall–Kier alpha value is -1.08. The van der Waals surface area contributed by atoms with Crippen LogP contribution >= 0.6 is 0 Å². The summed E-state index contributed by atoms with van der Waals surface area (Å²) >= 11 is 0. The molecule has 0 aromatic heterocycles. The van der Waals surface area contributed by atoms with Crippen LogP contribution < -0.4 is 0 Å². The van der Waals surface area contributed by atoms with E-state index in [2.05, 4.69) is 87.9 Å². The van der Waals surface area contributed by atoms with E-state index in [-0.39, 0.29) is 22.9 Å². The molecule has 0 spiro atoms. The van der Waals surface area contributed by atoms with Crippen molar-refractivity contribution < 1.29 is 5.11 Å². The van der Waals surface area contributed by atoms with Gasteiger partial charge in [-0.3, -0.25) is 0 Å². The van der Waals surface area contributed by atoms with Gasteiger partial charge in [0.05, 0.1) is 6.61 Å². The van der Waals surface area contributed by atoms with Crippen LogP contribution in [0.3, 0.4) is 0 Å². The van der Waals surface area contributed by atoms with Crippen LogP contribution in [0.2, 0.25) is 0 Å². The molecule has 0 radical (unpaired) electrons. The molecule has 0 heterocycles. The van der Waals surface area contributed by atoms with Gasteiger partial charge in [-0.25, -0.2) is 0 Å². The maximum absolute atomic E-state index is 9.76. The highest BCUT2D eigenvalue weighted by Crippen LogP contribution is 2.55. The summed E-state index contributed by atoms with van der Waals surface area (Å²) in [7, 11) is 0. The van der Waals surface area contributed by atoms with Gasteiger partial charge in [-0.2, -0.15) is 0 Å². The summed E-state index contributed by atoms with van der Waals surface area (Å²) in [4.78, 5) is 0. The van der Waals surface area contributed by atoms with Gasteiger partial charge in [-0.1, -0.05) is 98.9 Å². The predicted octanol–water partition coefficient (Wildman–Crippen LogP) is 8.65. The van der Waals surface area contributed by atoms with E-state index in [1.165, 1.54) is 47.9 Å². The van der Waals surface area contributed by atoms with Crippen molar-refractivity contribution in [2.75, 3.05) is 6.61 Å². The van der Waals surface area contributed by atoms with Crippen molar-refractivity contribution in [1.82, 2.24) is 0 Å². The molecule has 0 saturated carbocycles. The second-order valence-corrected chi connectivity index (χ2v) is 11.6. The molecule has 0 aliphatic rings. The zero-order valence-corrected chi connectivity index (χ0v) is 21.8. The minimum Gasteiger partial charge on any atom is -0.392 e. The van der Waals surface area contributed by atoms with Gasteiger partial charge < -0.3 is 5.11 Å². The predicted molar refractivity (Wildman–Crippen MR) is 135 cm³/mol. The average molecular weight is 415 g/mol. The quantitative estimate of drug-likeness (QED) is 0.284. The molecule has 172 valence electrons. The molecule has 30 heavy (non-hydrogen) atoms. The van der Waals surface area contributed by atoms with Gasteiger partial charge in [0.2, 0.25) is 0 Å². The first kappa shape index (κ1) is 27.0. The Bertz CT molecular complexity index is 681. The molecule has 1 rings (SSSR count). The largest absolute Gasteiger partial charge is 0.392 e. The molecule has 1 aromatic carbocycles. The van der Waals surface area contributed by atoms with Crippen molar-refractivity contribution in [2.45, 2.75) is 119 Å². The third-order valence-corrected chi connectivity index (χ3v) is 8.06. The lowest BCUT2D eigenvalue weighted by molar-refractivity contribution is 0.0647. The number of aliphatic hydroxyl groups is 1. The van der Waals surface area contributed by atoms with Crippen LogP contribution in [0.5, 0.6) is 0 Å². The zero-order chi connectivity index (χ0) is 23.3. The van der Waals surface area contributed by atoms with Gasteiger partial charge in [0, 0.05) is 0 Å². The third kappa shape index (κ3) is 6.00. The molecule has 0 saturated heterocycles. The fraction of sp³-hybridized carbons (Fsp3) is 0.724. The number of aryl methyl sites for hydroxylation is 2. The molecule has 1 N–H and O–H groups in total. The number of hydrogen-bond donors (Lipinski definition) is 1. The number of aliphatic hydroxyl groups excluding tert-OH is 1. The Balaban J connectivity index is 3.54. The normalized spacial score (nSPS) is 15.7. The van der Waals surface area contributed by atoms with Crippen LogP contribution in [0.1, 0.15) is 122 Å². The summed E-state index contributed by atoms with van der Waals surface area (Å²) in [6.07, 6.45) is 7.05. The van der Waals surface area contributed by atoms with Crippen molar-refractivity contribution in [3.05, 3.63) is 46.5 Å². The van der Waals surface area contributed by atoms with Crippen molar-refractivity contribution in [2.24, 2.45) is 10.8 Å². The van der Waals surface area contributed by atoms with Gasteiger partial charge in [-0.15, -0.1) is 0 Å². The van der Waals surface area contributed by atoms with Gasteiger partial charge in [0.25, 0.3) is 0 Å². The van der Waals surface area contributed by atoms with E-state index in [9.17, 15) is 5.11 Å². The third-order valence-electron chi connectivity index (χ3n) is 8.06. The van der Waals surface area contributed by atoms with Crippen molar-refractivity contribution in [1.29, 1.82) is 0 Å². The lowest BCUT2D eigenvalue weighted by atomic mass is 9.55. The highest BCUT2D eigenvalue weighted by Gasteiger charge is 2.44. The summed E-state index contributed by atoms with van der Waals surface area (Å²) in [6.45, 7) is 27.7. The molecule has 0 fully saturated rings. The van der Waals surface area contributed by atoms with Crippen LogP contribution in [0.25, 0.3) is 0 Å². The first-order valence-corrected chi connectivity index (χ1v) is 12.1. The summed E-state index contributed by atoms with van der Waals surface area (Å²) in [5.41, 5.74) is 7.12. The molecule has 2 atom stereocenters. The second-order valence-electron chi connectivity index (χ2n) is 11.6. The summed E-state index contributed by atoms with van der Waals surface area (Å²) < 4.78 is 0. The first-order chi connectivity index (χ1) is 13.7. The SMILES string of the molecule is C=C(CO)CC(c1c(C)cc(C(C)(C)CCCCC)cc1C)[C@@](C)(CC)C(C)(C)C. The average Bonchev–Trinajstić information content (AvgIpc) is 2.64. The summed E-state index contributed by atoms with van der Waals surface area (Å²) in [5, 5.41) is 9.76. The molecule has 0 aliphatic carbocycles. The molecule has 1 unspecified atom stereocenters. The lowest BCUT2D eigenvalue weighted by Gasteiger charge is -2.49. The van der Waals surface area contributed by atoms with Crippen LogP contribution in [0, 0.1) is 24.7 Å². The molecule has 0 amide bonds. The van der Waals surface area contributed by atoms with Crippen molar-refractivity contribution >= 4 is 0 Å². The standard InChI is InChI=1S/C29H50O/c1-12-14-15-16-28(9,10)24-18-22(4)26(23(5)19-24)25(17-21(3)20-30)29(11,13-2)27(6,7)8/h18-19,25,30H,3,12-17,20H2,1-2,4-11H3/t25?,29-/m1/s1. The van der Waals surface area contributed by atoms with Crippen LogP contribution in [-0.2, 0) is 5.41 Å². The number of benzene rings is 1. The van der Waals surface area contributed by atoms with Gasteiger partial charge in [0.15, 0.2) is 0 Å². The van der Waals surface area contributed by atoms with Crippen molar-refractivity contribution in [3.63, 3.8) is 0 Å². The van der Waals surface area contributed by atoms with E-state index >= 15 is 0 Å². The van der Waals surface area contributed by atoms with Gasteiger partial charge in [0.1, 0.15) is 0 Å². The van der Waals surface area contributed by atoms with Crippen LogP contribution in [-0.4, -0.2) is 11.7 Å². The highest BCUT2D eigenvalue weighted by atomic mass is 16.3. The molecule has 1 nitrogen and oxygen atoms in total. The minimum atomic E-state index is 0.0705. The van der Waals surface area contributed by atoms with Crippen molar-refractivity contribution in [3.8, 4) is 0 Å². The topological polar surface area (TPSA) is 20.2 Å². The molecule has 1 heteroatoms. The maximum Gasteiger partial charge on any atom is 0.0639 e. The smallest absolute Gasteiger partial charge is 0.0639 e. The summed E-state index contributed by atoms with van der Waals surface area (Å²) in [5.74, 6) is 0.347. The van der Waals surface area contributed by atoms with E-state index in [0.29, 0.717) is 5.92 Å². The molecule has 0 bridgehead atoms. The number of unbranched alkanes of at least 4 members (excludes halogenated alkanes) is 2. The zero-order valence-electron chi connectivity index (χ0n) is 21.8. The fourth-order valence-electron chi connectivity index (χ4n) is 5.17. The van der Waals surface area contributed by atoms with Crippen LogP contribution in [0.4, 0.5) is 0 Å². The Morgan fingerprint density at radius 2 is 1.50 bits per heavy atom. The molecular formula is C29H50O. The minimum absolute atomic E-state index is 0.0705. The van der Waals surface area contributed by atoms with Gasteiger partial charge >= 0.3 is 0 Å². The molecule has 1 aromatic rings. The monoisotopic (exact) mass is 414 g/mol. The number of rotatable bonds is 11. The van der Waals surface area contributed by atoms with E-state index in [1.807, 2.05) is 0 Å². The second kappa shape index (κ2) is 10.5. The van der Waals surface area contributed by atoms with Crippen LogP contribution in [0.15, 0.2) is 24.3 Å². The lowest BCUT2D eigenvalue weighted by Crippen LogP contribution is -2.39. The Morgan fingerprint density at radius 1 is 0.967 bits per heavy atom. The Kier molecular flexibility index (Phi) is 9.42. The first-order valence-electron chi connectivity index (χ1n) is 12.1. The van der Waals surface area contributed by atoms with E-state index in [4.69, 9.17) is 0 Å². The van der Waals surface area contributed by atoms with E-state index < -0.39 is 0 Å². The maximum atomic E-state index is 9.76. The Morgan fingerprint density at radius 3 is 1.90 bits per heavy atom. The van der Waals surface area contributed by atoms with E-state index in [0.717, 1.165) is 18.4 Å². The molecule has 0 aliphatic heterocycles. The van der Waals surface area contributed by atoms with E-state index in [1.54, 1.807) is 0 Å².